The monoisotopic (exact) mass is 302 g/mol. The molecule has 0 aliphatic carbocycles. The third-order valence-electron chi connectivity index (χ3n) is 4.70. The normalized spacial score (nSPS) is 44.0. The molecule has 0 spiro atoms. The minimum atomic E-state index is -1.43. The van der Waals surface area contributed by atoms with Gasteiger partial charge in [0.05, 0.1) is 12.0 Å². The average molecular weight is 302 g/mol. The van der Waals surface area contributed by atoms with Crippen LogP contribution in [-0.4, -0.2) is 48.9 Å². The number of esters is 1. The first-order valence-corrected chi connectivity index (χ1v) is 6.98. The molecular formula is C14H22O7. The van der Waals surface area contributed by atoms with Gasteiger partial charge in [0.1, 0.15) is 5.92 Å². The summed E-state index contributed by atoms with van der Waals surface area (Å²) in [5.74, 6) is -5.82. The summed E-state index contributed by atoms with van der Waals surface area (Å²) < 4.78 is 22.4. The van der Waals surface area contributed by atoms with E-state index >= 15 is 0 Å². The highest BCUT2D eigenvalue weighted by Gasteiger charge is 2.72. The number of hydrogen-bond acceptors (Lipinski definition) is 6. The van der Waals surface area contributed by atoms with Crippen molar-refractivity contribution in [1.29, 1.82) is 0 Å². The quantitative estimate of drug-likeness (QED) is 0.775. The van der Waals surface area contributed by atoms with Gasteiger partial charge < -0.3 is 24.1 Å². The Morgan fingerprint density at radius 1 is 1.38 bits per heavy atom. The van der Waals surface area contributed by atoms with Crippen molar-refractivity contribution >= 4 is 11.9 Å². The van der Waals surface area contributed by atoms with Crippen molar-refractivity contribution in [3.05, 3.63) is 0 Å². The second-order valence-electron chi connectivity index (χ2n) is 5.86. The number of carbonyl (C=O) groups is 2. The van der Waals surface area contributed by atoms with Gasteiger partial charge in [-0.15, -0.1) is 0 Å². The van der Waals surface area contributed by atoms with Crippen molar-refractivity contribution in [3.8, 4) is 0 Å². The van der Waals surface area contributed by atoms with E-state index in [-0.39, 0.29) is 5.92 Å². The molecule has 0 bridgehead atoms. The Kier molecular flexibility index (Phi) is 4.03. The number of carboxylic acid groups (broad SMARTS) is 1. The van der Waals surface area contributed by atoms with Gasteiger partial charge in [-0.05, 0) is 19.8 Å². The topological polar surface area (TPSA) is 91.3 Å². The van der Waals surface area contributed by atoms with Crippen LogP contribution in [0, 0.1) is 17.8 Å². The molecule has 0 radical (unpaired) electrons. The van der Waals surface area contributed by atoms with Crippen LogP contribution in [0.4, 0.5) is 0 Å². The number of aliphatic carboxylic acids is 1. The van der Waals surface area contributed by atoms with Crippen molar-refractivity contribution in [3.63, 3.8) is 0 Å². The van der Waals surface area contributed by atoms with Crippen LogP contribution in [-0.2, 0) is 28.5 Å². The molecule has 2 fully saturated rings. The molecule has 0 aromatic carbocycles. The summed E-state index contributed by atoms with van der Waals surface area (Å²) in [5.41, 5.74) is 0. The van der Waals surface area contributed by atoms with Gasteiger partial charge in [-0.3, -0.25) is 9.59 Å². The van der Waals surface area contributed by atoms with E-state index in [0.29, 0.717) is 6.42 Å². The first-order chi connectivity index (χ1) is 9.74. The highest BCUT2D eigenvalue weighted by Crippen LogP contribution is 2.53. The summed E-state index contributed by atoms with van der Waals surface area (Å²) in [6, 6.07) is 0. The second-order valence-corrected chi connectivity index (χ2v) is 5.86. The van der Waals surface area contributed by atoms with E-state index in [1.807, 2.05) is 6.92 Å². The van der Waals surface area contributed by atoms with E-state index in [4.69, 9.17) is 18.9 Å². The van der Waals surface area contributed by atoms with Crippen LogP contribution in [0.2, 0.25) is 0 Å². The summed E-state index contributed by atoms with van der Waals surface area (Å²) in [6.07, 6.45) is -0.280. The lowest BCUT2D eigenvalue weighted by atomic mass is 9.79. The Morgan fingerprint density at radius 2 is 2.00 bits per heavy atom. The van der Waals surface area contributed by atoms with Gasteiger partial charge >= 0.3 is 11.9 Å². The van der Waals surface area contributed by atoms with Crippen LogP contribution in [0.1, 0.15) is 27.2 Å². The lowest BCUT2D eigenvalue weighted by Crippen LogP contribution is -2.65. The zero-order valence-electron chi connectivity index (χ0n) is 12.9. The lowest BCUT2D eigenvalue weighted by molar-refractivity contribution is -0.412. The number of ether oxygens (including phenoxy) is 4. The molecule has 2 heterocycles. The molecular weight excluding hydrogens is 280 g/mol. The maximum Gasteiger partial charge on any atom is 0.317 e. The zero-order chi connectivity index (χ0) is 16.0. The second kappa shape index (κ2) is 5.23. The SMILES string of the molecule is CO[C@]12C[C@H](C)[C@H]([C@H](C)C(=O)O)O[C@]1(OC)[C@@H](C)C(=O)O2. The molecule has 2 rings (SSSR count). The van der Waals surface area contributed by atoms with Crippen molar-refractivity contribution in [2.75, 3.05) is 14.2 Å². The molecule has 7 heteroatoms. The van der Waals surface area contributed by atoms with Crippen molar-refractivity contribution in [1.82, 2.24) is 0 Å². The number of hydrogen-bond donors (Lipinski definition) is 1. The van der Waals surface area contributed by atoms with E-state index < -0.39 is 41.5 Å². The molecule has 7 nitrogen and oxygen atoms in total. The number of carboxylic acids is 1. The fraction of sp³-hybridized carbons (Fsp3) is 0.857. The zero-order valence-corrected chi connectivity index (χ0v) is 12.9. The van der Waals surface area contributed by atoms with Crippen LogP contribution in [0.25, 0.3) is 0 Å². The highest BCUT2D eigenvalue weighted by molar-refractivity contribution is 5.77. The average Bonchev–Trinajstić information content (AvgIpc) is 2.66. The van der Waals surface area contributed by atoms with Gasteiger partial charge in [-0.25, -0.2) is 0 Å². The van der Waals surface area contributed by atoms with E-state index in [0.717, 1.165) is 0 Å². The van der Waals surface area contributed by atoms with E-state index in [1.165, 1.54) is 14.2 Å². The molecule has 2 aliphatic heterocycles. The van der Waals surface area contributed by atoms with Crippen molar-refractivity contribution in [2.45, 2.75) is 44.9 Å². The Bertz CT molecular complexity index is 451. The van der Waals surface area contributed by atoms with Gasteiger partial charge in [-0.1, -0.05) is 6.92 Å². The molecule has 0 unspecified atom stereocenters. The molecule has 6 atom stereocenters. The molecule has 0 amide bonds. The smallest absolute Gasteiger partial charge is 0.317 e. The maximum atomic E-state index is 12.0. The molecule has 2 aliphatic rings. The molecule has 0 aromatic heterocycles. The van der Waals surface area contributed by atoms with E-state index in [2.05, 4.69) is 0 Å². The van der Waals surface area contributed by atoms with Gasteiger partial charge in [-0.2, -0.15) is 0 Å². The molecule has 21 heavy (non-hydrogen) atoms. The third-order valence-corrected chi connectivity index (χ3v) is 4.70. The van der Waals surface area contributed by atoms with Crippen LogP contribution >= 0.6 is 0 Å². The third kappa shape index (κ3) is 2.06. The molecule has 2 saturated heterocycles. The van der Waals surface area contributed by atoms with Gasteiger partial charge in [0.25, 0.3) is 5.79 Å². The fourth-order valence-electron chi connectivity index (χ4n) is 3.42. The first kappa shape index (κ1) is 16.2. The number of methoxy groups -OCH3 is 2. The van der Waals surface area contributed by atoms with Crippen molar-refractivity contribution < 1.29 is 33.6 Å². The molecule has 1 N–H and O–H groups in total. The predicted octanol–water partition coefficient (Wildman–Crippen LogP) is 1.01. The Morgan fingerprint density at radius 3 is 2.48 bits per heavy atom. The van der Waals surface area contributed by atoms with E-state index in [9.17, 15) is 14.7 Å². The lowest BCUT2D eigenvalue weighted by Gasteiger charge is -2.50. The Hall–Kier alpha value is -1.18. The maximum absolute atomic E-state index is 12.0. The predicted molar refractivity (Wildman–Crippen MR) is 70.2 cm³/mol. The van der Waals surface area contributed by atoms with Gasteiger partial charge in [0.15, 0.2) is 0 Å². The van der Waals surface area contributed by atoms with Crippen LogP contribution in [0.15, 0.2) is 0 Å². The van der Waals surface area contributed by atoms with Gasteiger partial charge in [0, 0.05) is 20.6 Å². The van der Waals surface area contributed by atoms with Crippen LogP contribution < -0.4 is 0 Å². The molecule has 0 saturated carbocycles. The molecule has 120 valence electrons. The fourth-order valence-corrected chi connectivity index (χ4v) is 3.42. The first-order valence-electron chi connectivity index (χ1n) is 6.98. The summed E-state index contributed by atoms with van der Waals surface area (Å²) in [6.45, 7) is 5.06. The summed E-state index contributed by atoms with van der Waals surface area (Å²) in [7, 11) is 2.83. The summed E-state index contributed by atoms with van der Waals surface area (Å²) >= 11 is 0. The van der Waals surface area contributed by atoms with E-state index in [1.54, 1.807) is 13.8 Å². The van der Waals surface area contributed by atoms with Crippen molar-refractivity contribution in [2.24, 2.45) is 17.8 Å². The molecule has 0 aromatic rings. The standard InChI is InChI=1S/C14H22O7/c1-7-6-13(18-4)14(19-5,9(3)12(17)21-13)20-10(7)8(2)11(15)16/h7-10H,6H2,1-5H3,(H,15,16)/t7-,8-,9-,10+,13-,14+/m0/s1. The Labute approximate surface area is 123 Å². The minimum absolute atomic E-state index is 0.169. The number of carbonyl (C=O) groups excluding carboxylic acids is 1. The van der Waals surface area contributed by atoms with Gasteiger partial charge in [0.2, 0.25) is 5.79 Å². The minimum Gasteiger partial charge on any atom is -0.481 e. The number of rotatable bonds is 4. The van der Waals surface area contributed by atoms with Crippen LogP contribution in [0.5, 0.6) is 0 Å². The van der Waals surface area contributed by atoms with Crippen LogP contribution in [0.3, 0.4) is 0 Å². The summed E-state index contributed by atoms with van der Waals surface area (Å²) in [5, 5.41) is 9.24. The number of fused-ring (bicyclic) bond motifs is 1. The largest absolute Gasteiger partial charge is 0.481 e. The highest BCUT2D eigenvalue weighted by atomic mass is 16.8. The Balaban J connectivity index is 2.44. The summed E-state index contributed by atoms with van der Waals surface area (Å²) in [4.78, 5) is 23.3.